The summed E-state index contributed by atoms with van der Waals surface area (Å²) < 4.78 is 1.88. The molecule has 0 aromatic carbocycles. The topological polar surface area (TPSA) is 92.2 Å². The predicted molar refractivity (Wildman–Crippen MR) is 61.6 cm³/mol. The standard InChI is InChI=1S/C9H8N6OS/c16-9-12-6(13-14-9)5-15-3-1-10-7(15)8-11-2-4-17-8/h1-4H,5H2,(H2,12,13,14,16). The van der Waals surface area contributed by atoms with Gasteiger partial charge >= 0.3 is 5.69 Å². The molecule has 3 rings (SSSR count). The second-order valence-corrected chi connectivity index (χ2v) is 4.23. The molecule has 0 aliphatic rings. The first kappa shape index (κ1) is 9.97. The van der Waals surface area contributed by atoms with Crippen molar-refractivity contribution in [2.75, 3.05) is 0 Å². The molecule has 2 N–H and O–H groups in total. The highest BCUT2D eigenvalue weighted by atomic mass is 32.1. The molecule has 3 heterocycles. The summed E-state index contributed by atoms with van der Waals surface area (Å²) in [6.45, 7) is 0.452. The molecular weight excluding hydrogens is 240 g/mol. The molecule has 0 spiro atoms. The van der Waals surface area contributed by atoms with E-state index in [0.717, 1.165) is 10.8 Å². The zero-order valence-electron chi connectivity index (χ0n) is 8.62. The first-order valence-electron chi connectivity index (χ1n) is 4.87. The second kappa shape index (κ2) is 3.98. The van der Waals surface area contributed by atoms with Crippen molar-refractivity contribution in [3.05, 3.63) is 40.3 Å². The number of nitrogens with one attached hydrogen (secondary N) is 2. The summed E-state index contributed by atoms with van der Waals surface area (Å²) >= 11 is 1.52. The lowest BCUT2D eigenvalue weighted by atomic mass is 10.5. The SMILES string of the molecule is O=c1[nH]nc(Cn2ccnc2-c2nccs2)[nH]1. The van der Waals surface area contributed by atoms with E-state index in [4.69, 9.17) is 0 Å². The van der Waals surface area contributed by atoms with Crippen LogP contribution in [0.15, 0.2) is 28.8 Å². The van der Waals surface area contributed by atoms with E-state index in [2.05, 4.69) is 25.1 Å². The minimum atomic E-state index is -0.309. The first-order valence-corrected chi connectivity index (χ1v) is 5.75. The Labute approximate surface area is 99.2 Å². The summed E-state index contributed by atoms with van der Waals surface area (Å²) in [6.07, 6.45) is 5.25. The van der Waals surface area contributed by atoms with Crippen molar-refractivity contribution in [2.45, 2.75) is 6.54 Å². The first-order chi connectivity index (χ1) is 8.33. The highest BCUT2D eigenvalue weighted by molar-refractivity contribution is 7.13. The van der Waals surface area contributed by atoms with Gasteiger partial charge < -0.3 is 4.57 Å². The van der Waals surface area contributed by atoms with Crippen molar-refractivity contribution in [3.63, 3.8) is 0 Å². The van der Waals surface area contributed by atoms with Gasteiger partial charge in [-0.15, -0.1) is 11.3 Å². The van der Waals surface area contributed by atoms with E-state index in [9.17, 15) is 4.79 Å². The molecule has 0 atom stereocenters. The van der Waals surface area contributed by atoms with E-state index >= 15 is 0 Å². The average Bonchev–Trinajstić information content (AvgIpc) is 3.00. The van der Waals surface area contributed by atoms with Gasteiger partial charge in [-0.2, -0.15) is 5.10 Å². The van der Waals surface area contributed by atoms with Crippen molar-refractivity contribution < 1.29 is 0 Å². The van der Waals surface area contributed by atoms with E-state index in [0.29, 0.717) is 12.4 Å². The van der Waals surface area contributed by atoms with Gasteiger partial charge in [-0.1, -0.05) is 0 Å². The summed E-state index contributed by atoms with van der Waals surface area (Å²) in [5, 5.41) is 8.92. The van der Waals surface area contributed by atoms with Crippen LogP contribution in [0, 0.1) is 0 Å². The van der Waals surface area contributed by atoms with Crippen LogP contribution in [0.4, 0.5) is 0 Å². The molecule has 0 radical (unpaired) electrons. The van der Waals surface area contributed by atoms with Gasteiger partial charge in [0.25, 0.3) is 0 Å². The predicted octanol–water partition coefficient (Wildman–Crippen LogP) is 0.466. The molecule has 3 aromatic heterocycles. The van der Waals surface area contributed by atoms with Crippen LogP contribution in [0.2, 0.25) is 0 Å². The number of thiazole rings is 1. The van der Waals surface area contributed by atoms with E-state index in [1.54, 1.807) is 12.4 Å². The molecule has 0 aliphatic heterocycles. The molecule has 0 fully saturated rings. The zero-order valence-corrected chi connectivity index (χ0v) is 9.44. The molecule has 7 nitrogen and oxygen atoms in total. The van der Waals surface area contributed by atoms with Crippen LogP contribution in [0.3, 0.4) is 0 Å². The number of imidazole rings is 1. The molecule has 3 aromatic rings. The molecule has 0 saturated carbocycles. The number of aromatic amines is 2. The third kappa shape index (κ3) is 1.89. The van der Waals surface area contributed by atoms with Crippen LogP contribution < -0.4 is 5.69 Å². The summed E-state index contributed by atoms with van der Waals surface area (Å²) in [6, 6.07) is 0. The number of aromatic nitrogens is 6. The van der Waals surface area contributed by atoms with Crippen molar-refractivity contribution >= 4 is 11.3 Å². The Balaban J connectivity index is 1.94. The van der Waals surface area contributed by atoms with Gasteiger partial charge in [-0.25, -0.2) is 19.9 Å². The third-order valence-corrected chi connectivity index (χ3v) is 2.98. The minimum absolute atomic E-state index is 0.309. The maximum atomic E-state index is 10.9. The quantitative estimate of drug-likeness (QED) is 0.704. The largest absolute Gasteiger partial charge is 0.340 e. The van der Waals surface area contributed by atoms with Crippen LogP contribution >= 0.6 is 11.3 Å². The molecule has 0 saturated heterocycles. The molecule has 0 amide bonds. The minimum Gasteiger partial charge on any atom is -0.321 e. The van der Waals surface area contributed by atoms with Crippen molar-refractivity contribution in [1.29, 1.82) is 0 Å². The fourth-order valence-corrected chi connectivity index (χ4v) is 2.16. The van der Waals surface area contributed by atoms with E-state index in [1.807, 2.05) is 16.1 Å². The lowest BCUT2D eigenvalue weighted by Crippen LogP contribution is -2.05. The van der Waals surface area contributed by atoms with E-state index < -0.39 is 0 Å². The van der Waals surface area contributed by atoms with Gasteiger partial charge in [0, 0.05) is 24.0 Å². The molecular formula is C9H8N6OS. The maximum absolute atomic E-state index is 10.9. The Bertz CT molecular complexity index is 664. The number of H-pyrrole nitrogens is 2. The Hall–Kier alpha value is -2.22. The van der Waals surface area contributed by atoms with Crippen molar-refractivity contribution in [2.24, 2.45) is 0 Å². The normalized spacial score (nSPS) is 10.8. The smallest absolute Gasteiger partial charge is 0.321 e. The Morgan fingerprint density at radius 1 is 1.35 bits per heavy atom. The van der Waals surface area contributed by atoms with Gasteiger partial charge in [-0.3, -0.25) is 4.98 Å². The molecule has 0 aliphatic carbocycles. The molecule has 17 heavy (non-hydrogen) atoms. The fraction of sp³-hybridized carbons (Fsp3) is 0.111. The van der Waals surface area contributed by atoms with Gasteiger partial charge in [0.2, 0.25) is 0 Å². The monoisotopic (exact) mass is 248 g/mol. The van der Waals surface area contributed by atoms with E-state index in [-0.39, 0.29) is 5.69 Å². The fourth-order valence-electron chi connectivity index (χ4n) is 1.51. The molecule has 86 valence electrons. The van der Waals surface area contributed by atoms with Crippen molar-refractivity contribution in [1.82, 2.24) is 29.7 Å². The van der Waals surface area contributed by atoms with Crippen molar-refractivity contribution in [3.8, 4) is 10.8 Å². The molecule has 8 heteroatoms. The molecule has 0 bridgehead atoms. The average molecular weight is 248 g/mol. The highest BCUT2D eigenvalue weighted by Crippen LogP contribution is 2.19. The van der Waals surface area contributed by atoms with Gasteiger partial charge in [0.1, 0.15) is 0 Å². The summed E-state index contributed by atoms with van der Waals surface area (Å²) in [4.78, 5) is 22.0. The van der Waals surface area contributed by atoms with Crippen LogP contribution in [-0.4, -0.2) is 29.7 Å². The Morgan fingerprint density at radius 2 is 2.29 bits per heavy atom. The van der Waals surface area contributed by atoms with Gasteiger partial charge in [-0.05, 0) is 0 Å². The summed E-state index contributed by atoms with van der Waals surface area (Å²) in [5.74, 6) is 1.33. The van der Waals surface area contributed by atoms with Crippen LogP contribution in [-0.2, 0) is 6.54 Å². The molecule has 0 unspecified atom stereocenters. The Morgan fingerprint density at radius 3 is 3.00 bits per heavy atom. The number of nitrogens with zero attached hydrogens (tertiary/aromatic N) is 4. The van der Waals surface area contributed by atoms with Crippen LogP contribution in [0.5, 0.6) is 0 Å². The lowest BCUT2D eigenvalue weighted by molar-refractivity contribution is 0.754. The highest BCUT2D eigenvalue weighted by Gasteiger charge is 2.09. The Kier molecular flexibility index (Phi) is 2.33. The number of rotatable bonds is 3. The van der Waals surface area contributed by atoms with Crippen LogP contribution in [0.1, 0.15) is 5.82 Å². The van der Waals surface area contributed by atoms with E-state index in [1.165, 1.54) is 11.3 Å². The summed E-state index contributed by atoms with van der Waals surface area (Å²) in [7, 11) is 0. The number of hydrogen-bond donors (Lipinski definition) is 2. The third-order valence-electron chi connectivity index (χ3n) is 2.21. The summed E-state index contributed by atoms with van der Waals surface area (Å²) in [5.41, 5.74) is -0.309. The lowest BCUT2D eigenvalue weighted by Gasteiger charge is -2.02. The zero-order chi connectivity index (χ0) is 11.7. The number of hydrogen-bond acceptors (Lipinski definition) is 5. The maximum Gasteiger partial charge on any atom is 0.340 e. The van der Waals surface area contributed by atoms with Crippen LogP contribution in [0.25, 0.3) is 10.8 Å². The second-order valence-electron chi connectivity index (χ2n) is 3.34. The van der Waals surface area contributed by atoms with Gasteiger partial charge in [0.05, 0.1) is 6.54 Å². The van der Waals surface area contributed by atoms with Gasteiger partial charge in [0.15, 0.2) is 16.7 Å².